The zero-order chi connectivity index (χ0) is 13.5. The minimum absolute atomic E-state index is 0.0659. The van der Waals surface area contributed by atoms with Crippen LogP contribution in [0.1, 0.15) is 18.4 Å². The summed E-state index contributed by atoms with van der Waals surface area (Å²) >= 11 is 0. The summed E-state index contributed by atoms with van der Waals surface area (Å²) in [5.74, 6) is 0.0659. The second-order valence-corrected chi connectivity index (χ2v) is 4.87. The summed E-state index contributed by atoms with van der Waals surface area (Å²) in [6, 6.07) is 10.2. The molecule has 0 aromatic heterocycles. The van der Waals surface area contributed by atoms with E-state index in [1.165, 1.54) is 5.56 Å². The first-order valence-electron chi connectivity index (χ1n) is 6.84. The van der Waals surface area contributed by atoms with Crippen molar-refractivity contribution in [3.8, 4) is 0 Å². The maximum atomic E-state index is 11.8. The zero-order valence-electron chi connectivity index (χ0n) is 11.1. The van der Waals surface area contributed by atoms with E-state index < -0.39 is 0 Å². The van der Waals surface area contributed by atoms with Gasteiger partial charge in [0.25, 0.3) is 0 Å². The number of hydrogen-bond donors (Lipinski definition) is 1. The summed E-state index contributed by atoms with van der Waals surface area (Å²) in [7, 11) is 0. The van der Waals surface area contributed by atoms with Crippen molar-refractivity contribution in [2.75, 3.05) is 26.3 Å². The third-order valence-corrected chi connectivity index (χ3v) is 3.42. The molecule has 1 aromatic rings. The minimum Gasteiger partial charge on any atom is -0.396 e. The lowest BCUT2D eigenvalue weighted by Crippen LogP contribution is -2.47. The summed E-state index contributed by atoms with van der Waals surface area (Å²) in [5, 5.41) is 8.83. The van der Waals surface area contributed by atoms with Crippen molar-refractivity contribution >= 4 is 5.91 Å². The number of morpholine rings is 1. The van der Waals surface area contributed by atoms with Crippen LogP contribution in [0.25, 0.3) is 0 Å². The molecule has 1 atom stereocenters. The Labute approximate surface area is 114 Å². The molecule has 0 spiro atoms. The van der Waals surface area contributed by atoms with Gasteiger partial charge in [0.1, 0.15) is 6.61 Å². The third-order valence-electron chi connectivity index (χ3n) is 3.42. The molecule has 1 heterocycles. The molecule has 1 unspecified atom stereocenters. The second kappa shape index (κ2) is 7.26. The quantitative estimate of drug-likeness (QED) is 0.840. The SMILES string of the molecule is O=C1COC(CCCO)CN1CCc1ccccc1. The van der Waals surface area contributed by atoms with E-state index in [0.717, 1.165) is 25.8 Å². The molecular formula is C15H21NO3. The molecule has 1 saturated heterocycles. The van der Waals surface area contributed by atoms with Crippen LogP contribution in [0.5, 0.6) is 0 Å². The molecule has 1 fully saturated rings. The van der Waals surface area contributed by atoms with Gasteiger partial charge in [-0.3, -0.25) is 4.79 Å². The Bertz CT molecular complexity index is 394. The minimum atomic E-state index is 0.0659. The van der Waals surface area contributed by atoms with Gasteiger partial charge in [-0.2, -0.15) is 0 Å². The number of ether oxygens (including phenoxy) is 1. The molecule has 19 heavy (non-hydrogen) atoms. The summed E-state index contributed by atoms with van der Waals surface area (Å²) in [5.41, 5.74) is 1.24. The fraction of sp³-hybridized carbons (Fsp3) is 0.533. The maximum absolute atomic E-state index is 11.8. The maximum Gasteiger partial charge on any atom is 0.248 e. The molecule has 104 valence electrons. The number of rotatable bonds is 6. The Morgan fingerprint density at radius 1 is 1.32 bits per heavy atom. The normalized spacial score (nSPS) is 19.7. The summed E-state index contributed by atoms with van der Waals surface area (Å²) in [6.07, 6.45) is 2.48. The van der Waals surface area contributed by atoms with Crippen LogP contribution < -0.4 is 0 Å². The standard InChI is InChI=1S/C15H21NO3/c17-10-4-7-14-11-16(15(18)12-19-14)9-8-13-5-2-1-3-6-13/h1-3,5-6,14,17H,4,7-12H2. The van der Waals surface area contributed by atoms with Gasteiger partial charge >= 0.3 is 0 Å². The Hall–Kier alpha value is -1.39. The first-order valence-corrected chi connectivity index (χ1v) is 6.84. The molecule has 1 aromatic carbocycles. The van der Waals surface area contributed by atoms with Gasteiger partial charge < -0.3 is 14.7 Å². The van der Waals surface area contributed by atoms with E-state index >= 15 is 0 Å². The lowest BCUT2D eigenvalue weighted by molar-refractivity contribution is -0.149. The Morgan fingerprint density at radius 2 is 2.11 bits per heavy atom. The molecule has 2 rings (SSSR count). The van der Waals surface area contributed by atoms with Gasteiger partial charge in [-0.05, 0) is 24.8 Å². The monoisotopic (exact) mass is 263 g/mol. The summed E-state index contributed by atoms with van der Waals surface area (Å²) in [6.45, 7) is 1.73. The Morgan fingerprint density at radius 3 is 2.84 bits per heavy atom. The van der Waals surface area contributed by atoms with Crippen molar-refractivity contribution in [1.82, 2.24) is 4.90 Å². The molecule has 4 heteroatoms. The van der Waals surface area contributed by atoms with Crippen molar-refractivity contribution in [2.24, 2.45) is 0 Å². The van der Waals surface area contributed by atoms with Crippen molar-refractivity contribution in [2.45, 2.75) is 25.4 Å². The fourth-order valence-electron chi connectivity index (χ4n) is 2.30. The highest BCUT2D eigenvalue weighted by Gasteiger charge is 2.25. The van der Waals surface area contributed by atoms with Crippen LogP contribution in [0, 0.1) is 0 Å². The average Bonchev–Trinajstić information content (AvgIpc) is 2.46. The number of aliphatic hydroxyl groups is 1. The van der Waals surface area contributed by atoms with Crippen molar-refractivity contribution < 1.29 is 14.6 Å². The number of benzene rings is 1. The Kier molecular flexibility index (Phi) is 5.36. The van der Waals surface area contributed by atoms with E-state index in [9.17, 15) is 4.79 Å². The van der Waals surface area contributed by atoms with Gasteiger partial charge in [-0.25, -0.2) is 0 Å². The molecular weight excluding hydrogens is 242 g/mol. The number of nitrogens with zero attached hydrogens (tertiary/aromatic N) is 1. The molecule has 0 radical (unpaired) electrons. The predicted octanol–water partition coefficient (Wildman–Crippen LogP) is 1.23. The molecule has 0 saturated carbocycles. The number of amides is 1. The van der Waals surface area contributed by atoms with E-state index in [1.807, 2.05) is 23.1 Å². The first kappa shape index (κ1) is 14.0. The summed E-state index contributed by atoms with van der Waals surface area (Å²) in [4.78, 5) is 13.7. The molecule has 1 amide bonds. The fourth-order valence-corrected chi connectivity index (χ4v) is 2.30. The molecule has 4 nitrogen and oxygen atoms in total. The number of hydrogen-bond acceptors (Lipinski definition) is 3. The van der Waals surface area contributed by atoms with Crippen LogP contribution in [0.3, 0.4) is 0 Å². The van der Waals surface area contributed by atoms with Gasteiger partial charge in [0.2, 0.25) is 5.91 Å². The molecule has 0 aliphatic carbocycles. The molecule has 0 bridgehead atoms. The van der Waals surface area contributed by atoms with Crippen LogP contribution in [-0.4, -0.2) is 48.3 Å². The smallest absolute Gasteiger partial charge is 0.248 e. The van der Waals surface area contributed by atoms with Gasteiger partial charge in [-0.15, -0.1) is 0 Å². The second-order valence-electron chi connectivity index (χ2n) is 4.87. The van der Waals surface area contributed by atoms with Crippen LogP contribution in [0.15, 0.2) is 30.3 Å². The highest BCUT2D eigenvalue weighted by atomic mass is 16.5. The number of aliphatic hydroxyl groups excluding tert-OH is 1. The highest BCUT2D eigenvalue weighted by Crippen LogP contribution is 2.12. The van der Waals surface area contributed by atoms with Crippen LogP contribution >= 0.6 is 0 Å². The average molecular weight is 263 g/mol. The lowest BCUT2D eigenvalue weighted by Gasteiger charge is -2.32. The van der Waals surface area contributed by atoms with Gasteiger partial charge in [0.15, 0.2) is 0 Å². The van der Waals surface area contributed by atoms with Gasteiger partial charge in [0, 0.05) is 19.7 Å². The molecule has 1 aliphatic heterocycles. The third kappa shape index (κ3) is 4.33. The van der Waals surface area contributed by atoms with Gasteiger partial charge in [0.05, 0.1) is 6.10 Å². The molecule has 1 N–H and O–H groups in total. The van der Waals surface area contributed by atoms with Crippen molar-refractivity contribution in [3.63, 3.8) is 0 Å². The van der Waals surface area contributed by atoms with Crippen LogP contribution in [-0.2, 0) is 16.0 Å². The predicted molar refractivity (Wildman–Crippen MR) is 72.8 cm³/mol. The Balaban J connectivity index is 1.82. The van der Waals surface area contributed by atoms with Crippen LogP contribution in [0.4, 0.5) is 0 Å². The van der Waals surface area contributed by atoms with Gasteiger partial charge in [-0.1, -0.05) is 30.3 Å². The summed E-state index contributed by atoms with van der Waals surface area (Å²) < 4.78 is 5.47. The van der Waals surface area contributed by atoms with Crippen LogP contribution in [0.2, 0.25) is 0 Å². The molecule has 1 aliphatic rings. The number of carbonyl (C=O) groups excluding carboxylic acids is 1. The number of carbonyl (C=O) groups is 1. The largest absolute Gasteiger partial charge is 0.396 e. The van der Waals surface area contributed by atoms with E-state index in [0.29, 0.717) is 6.54 Å². The zero-order valence-corrected chi connectivity index (χ0v) is 11.1. The van der Waals surface area contributed by atoms with Crippen molar-refractivity contribution in [1.29, 1.82) is 0 Å². The van der Waals surface area contributed by atoms with E-state index in [4.69, 9.17) is 9.84 Å². The van der Waals surface area contributed by atoms with E-state index in [-0.39, 0.29) is 25.2 Å². The highest BCUT2D eigenvalue weighted by molar-refractivity contribution is 5.78. The first-order chi connectivity index (χ1) is 9.29. The van der Waals surface area contributed by atoms with E-state index in [2.05, 4.69) is 12.1 Å². The lowest BCUT2D eigenvalue weighted by atomic mass is 10.1. The topological polar surface area (TPSA) is 49.8 Å². The van der Waals surface area contributed by atoms with Crippen molar-refractivity contribution in [3.05, 3.63) is 35.9 Å². The van der Waals surface area contributed by atoms with E-state index in [1.54, 1.807) is 0 Å².